The number of ether oxygens (including phenoxy) is 2. The number of carbonyl (C=O) groups is 1. The summed E-state index contributed by atoms with van der Waals surface area (Å²) in [5, 5.41) is 0. The van der Waals surface area contributed by atoms with E-state index in [1.807, 2.05) is 7.11 Å². The van der Waals surface area contributed by atoms with Crippen molar-refractivity contribution in [2.75, 3.05) is 13.7 Å². The van der Waals surface area contributed by atoms with Gasteiger partial charge in [-0.1, -0.05) is 34.1 Å². The summed E-state index contributed by atoms with van der Waals surface area (Å²) in [5.74, 6) is 4.72. The van der Waals surface area contributed by atoms with Crippen LogP contribution in [0, 0.1) is 46.3 Å². The lowest BCUT2D eigenvalue weighted by Gasteiger charge is -2.64. The molecule has 3 heteroatoms. The number of esters is 1. The van der Waals surface area contributed by atoms with E-state index >= 15 is 0 Å². The number of fused-ring (bicyclic) bond motifs is 5. The van der Waals surface area contributed by atoms with E-state index in [-0.39, 0.29) is 17.0 Å². The second-order valence-corrected chi connectivity index (χ2v) is 12.0. The van der Waals surface area contributed by atoms with Crippen LogP contribution in [0.2, 0.25) is 0 Å². The zero-order valence-corrected chi connectivity index (χ0v) is 20.5. The highest BCUT2D eigenvalue weighted by Crippen LogP contribution is 2.70. The predicted molar refractivity (Wildman–Crippen MR) is 121 cm³/mol. The Balaban J connectivity index is 1.61. The molecular weight excluding hydrogens is 372 g/mol. The van der Waals surface area contributed by atoms with Crippen LogP contribution in [0.25, 0.3) is 0 Å². The maximum absolute atomic E-state index is 12.1. The molecule has 0 aliphatic heterocycles. The monoisotopic (exact) mass is 418 g/mol. The minimum absolute atomic E-state index is 0.0757. The van der Waals surface area contributed by atoms with Gasteiger partial charge in [-0.15, -0.1) is 0 Å². The lowest BCUT2D eigenvalue weighted by molar-refractivity contribution is -0.195. The van der Waals surface area contributed by atoms with Gasteiger partial charge < -0.3 is 9.47 Å². The second kappa shape index (κ2) is 8.09. The van der Waals surface area contributed by atoms with Crippen molar-refractivity contribution in [3.63, 3.8) is 0 Å². The molecule has 4 saturated carbocycles. The fourth-order valence-corrected chi connectivity index (χ4v) is 9.63. The summed E-state index contributed by atoms with van der Waals surface area (Å²) in [7, 11) is 1.86. The summed E-state index contributed by atoms with van der Waals surface area (Å²) in [6.07, 6.45) is 12.5. The minimum Gasteiger partial charge on any atom is -0.459 e. The molecule has 0 unspecified atom stereocenters. The molecular formula is C27H46O3. The molecule has 0 spiro atoms. The number of carbonyl (C=O) groups excluding carboxylic acids is 1. The van der Waals surface area contributed by atoms with Gasteiger partial charge in [0.15, 0.2) is 0 Å². The van der Waals surface area contributed by atoms with Gasteiger partial charge in [0.25, 0.3) is 0 Å². The first-order chi connectivity index (χ1) is 14.2. The number of methoxy groups -OCH3 is 1. The Bertz CT molecular complexity index is 646. The van der Waals surface area contributed by atoms with Crippen LogP contribution >= 0.6 is 0 Å². The highest BCUT2D eigenvalue weighted by atomic mass is 16.6. The Morgan fingerprint density at radius 3 is 2.43 bits per heavy atom. The maximum Gasteiger partial charge on any atom is 0.303 e. The third-order valence-electron chi connectivity index (χ3n) is 11.0. The van der Waals surface area contributed by atoms with E-state index in [4.69, 9.17) is 9.47 Å². The Hall–Kier alpha value is -0.570. The largest absolute Gasteiger partial charge is 0.459 e. The van der Waals surface area contributed by atoms with Gasteiger partial charge in [0, 0.05) is 26.1 Å². The van der Waals surface area contributed by atoms with Crippen molar-refractivity contribution in [2.45, 2.75) is 104 Å². The van der Waals surface area contributed by atoms with Gasteiger partial charge in [-0.05, 0) is 98.7 Å². The Labute approximate surface area is 185 Å². The smallest absolute Gasteiger partial charge is 0.303 e. The first-order valence-corrected chi connectivity index (χ1v) is 12.9. The molecule has 4 rings (SSSR count). The topological polar surface area (TPSA) is 35.5 Å². The van der Waals surface area contributed by atoms with Gasteiger partial charge in [0.1, 0.15) is 5.60 Å². The molecule has 4 aliphatic carbocycles. The molecule has 4 fully saturated rings. The average molecular weight is 419 g/mol. The summed E-state index contributed by atoms with van der Waals surface area (Å²) in [6, 6.07) is 0. The zero-order valence-electron chi connectivity index (χ0n) is 20.5. The molecule has 30 heavy (non-hydrogen) atoms. The van der Waals surface area contributed by atoms with Crippen molar-refractivity contribution < 1.29 is 14.3 Å². The minimum atomic E-state index is -0.220. The first-order valence-electron chi connectivity index (χ1n) is 12.9. The van der Waals surface area contributed by atoms with E-state index in [0.29, 0.717) is 5.41 Å². The van der Waals surface area contributed by atoms with Crippen molar-refractivity contribution in [1.29, 1.82) is 0 Å². The molecule has 0 saturated heterocycles. The molecule has 0 amide bonds. The zero-order chi connectivity index (χ0) is 21.7. The highest BCUT2D eigenvalue weighted by Gasteiger charge is 2.66. The van der Waals surface area contributed by atoms with Crippen LogP contribution < -0.4 is 0 Å². The molecule has 0 heterocycles. The third kappa shape index (κ3) is 3.20. The van der Waals surface area contributed by atoms with Crippen molar-refractivity contribution in [3.8, 4) is 0 Å². The average Bonchev–Trinajstić information content (AvgIpc) is 2.95. The molecule has 172 valence electrons. The Morgan fingerprint density at radius 2 is 1.77 bits per heavy atom. The van der Waals surface area contributed by atoms with Crippen LogP contribution in [0.1, 0.15) is 98.8 Å². The predicted octanol–water partition coefficient (Wildman–Crippen LogP) is 6.64. The van der Waals surface area contributed by atoms with Gasteiger partial charge in [-0.3, -0.25) is 4.79 Å². The molecule has 0 aromatic carbocycles. The molecule has 0 aromatic heterocycles. The van der Waals surface area contributed by atoms with E-state index in [0.717, 1.165) is 61.4 Å². The van der Waals surface area contributed by atoms with Crippen LogP contribution in [-0.4, -0.2) is 25.3 Å². The van der Waals surface area contributed by atoms with Crippen LogP contribution in [0.15, 0.2) is 0 Å². The highest BCUT2D eigenvalue weighted by molar-refractivity contribution is 5.66. The summed E-state index contributed by atoms with van der Waals surface area (Å²) >= 11 is 0. The van der Waals surface area contributed by atoms with E-state index in [2.05, 4.69) is 27.7 Å². The fraction of sp³-hybridized carbons (Fsp3) is 0.963. The Morgan fingerprint density at radius 1 is 1.03 bits per heavy atom. The second-order valence-electron chi connectivity index (χ2n) is 12.0. The van der Waals surface area contributed by atoms with Crippen molar-refractivity contribution in [3.05, 3.63) is 0 Å². The summed E-state index contributed by atoms with van der Waals surface area (Å²) in [6.45, 7) is 12.5. The van der Waals surface area contributed by atoms with Gasteiger partial charge in [-0.2, -0.15) is 0 Å². The molecule has 9 atom stereocenters. The van der Waals surface area contributed by atoms with Crippen molar-refractivity contribution in [2.24, 2.45) is 46.3 Å². The quantitative estimate of drug-likeness (QED) is 0.469. The van der Waals surface area contributed by atoms with Crippen molar-refractivity contribution >= 4 is 5.97 Å². The lowest BCUT2D eigenvalue weighted by Crippen LogP contribution is -2.59. The van der Waals surface area contributed by atoms with Gasteiger partial charge in [-0.25, -0.2) is 0 Å². The van der Waals surface area contributed by atoms with Gasteiger partial charge in [0.2, 0.25) is 0 Å². The summed E-state index contributed by atoms with van der Waals surface area (Å²) in [5.41, 5.74) is 0.421. The van der Waals surface area contributed by atoms with E-state index < -0.39 is 0 Å². The molecule has 0 bridgehead atoms. The van der Waals surface area contributed by atoms with E-state index in [1.54, 1.807) is 6.92 Å². The molecule has 0 radical (unpaired) electrons. The van der Waals surface area contributed by atoms with Crippen molar-refractivity contribution in [1.82, 2.24) is 0 Å². The van der Waals surface area contributed by atoms with Crippen LogP contribution in [-0.2, 0) is 14.3 Å². The number of hydrogen-bond acceptors (Lipinski definition) is 3. The SMILES string of the molecule is CCC[C@]1(OC(C)=O)CC[C@H]2[C@@H]3CC[C@H]4C[C@@H](COC)C[C@H](C)[C@]4(C)[C@H]3CC[C@@]21C. The van der Waals surface area contributed by atoms with Crippen LogP contribution in [0.3, 0.4) is 0 Å². The Kier molecular flexibility index (Phi) is 6.10. The maximum atomic E-state index is 12.1. The third-order valence-corrected chi connectivity index (χ3v) is 11.0. The first kappa shape index (κ1) is 22.6. The number of hydrogen-bond donors (Lipinski definition) is 0. The van der Waals surface area contributed by atoms with E-state index in [9.17, 15) is 4.79 Å². The lowest BCUT2D eigenvalue weighted by atomic mass is 9.41. The fourth-order valence-electron chi connectivity index (χ4n) is 9.63. The van der Waals surface area contributed by atoms with Crippen LogP contribution in [0.4, 0.5) is 0 Å². The normalized spacial score (nSPS) is 50.3. The van der Waals surface area contributed by atoms with Gasteiger partial charge >= 0.3 is 5.97 Å². The molecule has 0 aromatic rings. The van der Waals surface area contributed by atoms with Gasteiger partial charge in [0.05, 0.1) is 0 Å². The molecule has 0 N–H and O–H groups in total. The molecule has 4 aliphatic rings. The van der Waals surface area contributed by atoms with Crippen LogP contribution in [0.5, 0.6) is 0 Å². The summed E-state index contributed by atoms with van der Waals surface area (Å²) in [4.78, 5) is 12.1. The molecule has 3 nitrogen and oxygen atoms in total. The number of rotatable bonds is 5. The standard InChI is InChI=1S/C27H46O3/c1-7-12-27(30-19(3)28)14-11-23-22-9-8-21-16-20(17-29-6)15-18(2)26(21,5)24(22)10-13-25(23,27)4/h18,20-24H,7-17H2,1-6H3/t18-,20-,21-,22-,23-,24-,25-,26-,27-/m0/s1. The summed E-state index contributed by atoms with van der Waals surface area (Å²) < 4.78 is 11.8. The van der Waals surface area contributed by atoms with E-state index in [1.165, 1.54) is 44.9 Å².